The summed E-state index contributed by atoms with van der Waals surface area (Å²) in [4.78, 5) is 30.1. The molecule has 0 radical (unpaired) electrons. The molecule has 2 fully saturated rings. The Labute approximate surface area is 147 Å². The highest BCUT2D eigenvalue weighted by molar-refractivity contribution is 5.92. The third-order valence-electron chi connectivity index (χ3n) is 4.80. The molecular weight excluding hydrogens is 324 g/mol. The Morgan fingerprint density at radius 2 is 2.04 bits per heavy atom. The molecule has 8 heteroatoms. The number of piperidine rings is 2. The van der Waals surface area contributed by atoms with E-state index < -0.39 is 0 Å². The second-order valence-electron chi connectivity index (χ2n) is 6.53. The molecule has 0 bridgehead atoms. The average Bonchev–Trinajstić information content (AvgIpc) is 3.13. The largest absolute Gasteiger partial charge is 0.450 e. The maximum atomic E-state index is 12.4. The molecule has 2 N–H and O–H groups in total. The van der Waals surface area contributed by atoms with Crippen molar-refractivity contribution in [3.63, 3.8) is 0 Å². The van der Waals surface area contributed by atoms with Gasteiger partial charge in [-0.1, -0.05) is 0 Å². The lowest BCUT2D eigenvalue weighted by Crippen LogP contribution is -2.46. The Hall–Kier alpha value is -2.09. The molecule has 3 rings (SSSR count). The van der Waals surface area contributed by atoms with Crippen LogP contribution in [0.3, 0.4) is 0 Å². The van der Waals surface area contributed by atoms with E-state index in [1.807, 2.05) is 0 Å². The Balaban J connectivity index is 1.48. The maximum absolute atomic E-state index is 12.4. The number of aromatic nitrogens is 1. The zero-order chi connectivity index (χ0) is 17.6. The van der Waals surface area contributed by atoms with Gasteiger partial charge >= 0.3 is 6.09 Å². The fourth-order valence-corrected chi connectivity index (χ4v) is 3.33. The van der Waals surface area contributed by atoms with Crippen LogP contribution in [0, 0.1) is 0 Å². The third kappa shape index (κ3) is 4.50. The minimum absolute atomic E-state index is 0.0391. The molecule has 0 spiro atoms. The van der Waals surface area contributed by atoms with Gasteiger partial charge in [0.15, 0.2) is 11.6 Å². The fraction of sp³-hybridized carbons (Fsp3) is 0.706. The summed E-state index contributed by atoms with van der Waals surface area (Å²) < 4.78 is 10.5. The van der Waals surface area contributed by atoms with Crippen LogP contribution < -0.4 is 10.6 Å². The molecule has 1 aromatic rings. The van der Waals surface area contributed by atoms with Gasteiger partial charge in [0, 0.05) is 25.0 Å². The van der Waals surface area contributed by atoms with Gasteiger partial charge in [-0.2, -0.15) is 0 Å². The Kier molecular flexibility index (Phi) is 5.91. The molecule has 0 saturated carbocycles. The van der Waals surface area contributed by atoms with Crippen molar-refractivity contribution >= 4 is 12.0 Å². The summed E-state index contributed by atoms with van der Waals surface area (Å²) in [5.41, 5.74) is 0.335. The second kappa shape index (κ2) is 8.33. The predicted molar refractivity (Wildman–Crippen MR) is 90.4 cm³/mol. The number of carbonyl (C=O) groups is 2. The van der Waals surface area contributed by atoms with Crippen molar-refractivity contribution in [1.82, 2.24) is 20.5 Å². The van der Waals surface area contributed by atoms with Crippen molar-refractivity contribution in [2.24, 2.45) is 0 Å². The molecule has 2 amide bonds. The highest BCUT2D eigenvalue weighted by Gasteiger charge is 2.26. The normalized spacial score (nSPS) is 19.6. The number of likely N-dealkylation sites (tertiary alicyclic amines) is 1. The van der Waals surface area contributed by atoms with E-state index in [-0.39, 0.29) is 24.0 Å². The second-order valence-corrected chi connectivity index (χ2v) is 6.53. The molecule has 25 heavy (non-hydrogen) atoms. The monoisotopic (exact) mass is 350 g/mol. The molecule has 0 atom stereocenters. The van der Waals surface area contributed by atoms with E-state index in [4.69, 9.17) is 9.15 Å². The lowest BCUT2D eigenvalue weighted by Gasteiger charge is -2.31. The number of rotatable bonds is 4. The summed E-state index contributed by atoms with van der Waals surface area (Å²) in [6.45, 7) is 5.25. The standard InChI is InChI=1S/C17H26N4O4/c1-2-24-17(23)21-9-5-13(6-10-21)19-15(22)14-11-25-16(20-14)12-3-7-18-8-4-12/h11-13,18H,2-10H2,1H3,(H,19,22). The maximum Gasteiger partial charge on any atom is 0.409 e. The zero-order valence-corrected chi connectivity index (χ0v) is 14.6. The Bertz CT molecular complexity index is 589. The lowest BCUT2D eigenvalue weighted by molar-refractivity contribution is 0.0856. The molecule has 0 aromatic carbocycles. The van der Waals surface area contributed by atoms with Crippen LogP contribution in [-0.4, -0.2) is 60.7 Å². The van der Waals surface area contributed by atoms with E-state index in [0.29, 0.717) is 44.1 Å². The van der Waals surface area contributed by atoms with Gasteiger partial charge in [0.2, 0.25) is 0 Å². The summed E-state index contributed by atoms with van der Waals surface area (Å²) in [5, 5.41) is 6.29. The van der Waals surface area contributed by atoms with E-state index >= 15 is 0 Å². The van der Waals surface area contributed by atoms with Crippen molar-refractivity contribution in [2.45, 2.75) is 44.6 Å². The van der Waals surface area contributed by atoms with Crippen LogP contribution >= 0.6 is 0 Å². The molecule has 0 aliphatic carbocycles. The highest BCUT2D eigenvalue weighted by atomic mass is 16.6. The minimum atomic E-state index is -0.282. The summed E-state index contributed by atoms with van der Waals surface area (Å²) in [5.74, 6) is 0.734. The van der Waals surface area contributed by atoms with Gasteiger partial charge < -0.3 is 24.7 Å². The lowest BCUT2D eigenvalue weighted by atomic mass is 9.98. The smallest absolute Gasteiger partial charge is 0.409 e. The Morgan fingerprint density at radius 1 is 1.32 bits per heavy atom. The van der Waals surface area contributed by atoms with Crippen molar-refractivity contribution in [2.75, 3.05) is 32.8 Å². The molecule has 2 aliphatic heterocycles. The summed E-state index contributed by atoms with van der Waals surface area (Å²) in [7, 11) is 0. The van der Waals surface area contributed by atoms with E-state index in [1.54, 1.807) is 11.8 Å². The van der Waals surface area contributed by atoms with Crippen LogP contribution in [0.4, 0.5) is 4.79 Å². The number of amides is 2. The molecule has 138 valence electrons. The van der Waals surface area contributed by atoms with Gasteiger partial charge in [-0.3, -0.25) is 4.79 Å². The molecule has 2 saturated heterocycles. The number of nitrogens with zero attached hydrogens (tertiary/aromatic N) is 2. The molecule has 1 aromatic heterocycles. The number of hydrogen-bond acceptors (Lipinski definition) is 6. The SMILES string of the molecule is CCOC(=O)N1CCC(NC(=O)c2coc(C3CCNCC3)n2)CC1. The average molecular weight is 350 g/mol. The number of nitrogens with one attached hydrogen (secondary N) is 2. The van der Waals surface area contributed by atoms with E-state index in [1.165, 1.54) is 6.26 Å². The predicted octanol–water partition coefficient (Wildman–Crippen LogP) is 1.49. The first-order chi connectivity index (χ1) is 12.2. The van der Waals surface area contributed by atoms with Crippen molar-refractivity contribution in [1.29, 1.82) is 0 Å². The molecule has 3 heterocycles. The number of hydrogen-bond donors (Lipinski definition) is 2. The first-order valence-electron chi connectivity index (χ1n) is 9.06. The van der Waals surface area contributed by atoms with Gasteiger partial charge in [0.25, 0.3) is 5.91 Å². The van der Waals surface area contributed by atoms with Crippen LogP contribution in [0.15, 0.2) is 10.7 Å². The van der Waals surface area contributed by atoms with Gasteiger partial charge in [-0.25, -0.2) is 9.78 Å². The quantitative estimate of drug-likeness (QED) is 0.854. The van der Waals surface area contributed by atoms with Gasteiger partial charge in [0.1, 0.15) is 6.26 Å². The number of oxazole rings is 1. The van der Waals surface area contributed by atoms with Crippen molar-refractivity contribution in [3.05, 3.63) is 17.8 Å². The molecule has 0 unspecified atom stereocenters. The van der Waals surface area contributed by atoms with Crippen LogP contribution in [0.1, 0.15) is 54.9 Å². The topological polar surface area (TPSA) is 96.7 Å². The van der Waals surface area contributed by atoms with E-state index in [0.717, 1.165) is 25.9 Å². The van der Waals surface area contributed by atoms with Crippen LogP contribution in [0.25, 0.3) is 0 Å². The van der Waals surface area contributed by atoms with Gasteiger partial charge in [-0.05, 0) is 45.7 Å². The molecule has 8 nitrogen and oxygen atoms in total. The first kappa shape index (κ1) is 17.7. The van der Waals surface area contributed by atoms with Crippen molar-refractivity contribution in [3.8, 4) is 0 Å². The highest BCUT2D eigenvalue weighted by Crippen LogP contribution is 2.24. The van der Waals surface area contributed by atoms with Gasteiger partial charge in [-0.15, -0.1) is 0 Å². The summed E-state index contributed by atoms with van der Waals surface area (Å²) >= 11 is 0. The third-order valence-corrected chi connectivity index (χ3v) is 4.80. The Morgan fingerprint density at radius 3 is 2.72 bits per heavy atom. The number of ether oxygens (including phenoxy) is 1. The minimum Gasteiger partial charge on any atom is -0.450 e. The van der Waals surface area contributed by atoms with Crippen LogP contribution in [0.5, 0.6) is 0 Å². The molecular formula is C17H26N4O4. The zero-order valence-electron chi connectivity index (χ0n) is 14.6. The van der Waals surface area contributed by atoms with Gasteiger partial charge in [0.05, 0.1) is 6.61 Å². The van der Waals surface area contributed by atoms with Crippen LogP contribution in [0.2, 0.25) is 0 Å². The first-order valence-corrected chi connectivity index (χ1v) is 9.06. The van der Waals surface area contributed by atoms with Crippen molar-refractivity contribution < 1.29 is 18.7 Å². The molecule has 2 aliphatic rings. The van der Waals surface area contributed by atoms with Crippen LogP contribution in [-0.2, 0) is 4.74 Å². The summed E-state index contributed by atoms with van der Waals surface area (Å²) in [6.07, 6.45) is 4.55. The summed E-state index contributed by atoms with van der Waals surface area (Å²) in [6, 6.07) is 0.0391. The fourth-order valence-electron chi connectivity index (χ4n) is 3.33. The number of carbonyl (C=O) groups excluding carboxylic acids is 2. The van der Waals surface area contributed by atoms with E-state index in [9.17, 15) is 9.59 Å². The van der Waals surface area contributed by atoms with E-state index in [2.05, 4.69) is 15.6 Å².